The summed E-state index contributed by atoms with van der Waals surface area (Å²) in [7, 11) is 1.63. The van der Waals surface area contributed by atoms with Crippen LogP contribution < -0.4 is 16.0 Å². The first-order chi connectivity index (χ1) is 27.7. The molecule has 2 aliphatic carbocycles. The number of nitrogens with zero attached hydrogens (tertiary/aromatic N) is 5. The van der Waals surface area contributed by atoms with Crippen molar-refractivity contribution in [2.75, 3.05) is 5.32 Å². The lowest BCUT2D eigenvalue weighted by molar-refractivity contribution is -0.142. The predicted octanol–water partition coefficient (Wildman–Crippen LogP) is 7.40. The highest BCUT2D eigenvalue weighted by Gasteiger charge is 2.53. The van der Waals surface area contributed by atoms with Crippen LogP contribution >= 0.6 is 0 Å². The maximum atomic E-state index is 15.4. The van der Waals surface area contributed by atoms with Crippen LogP contribution in [0, 0.1) is 23.5 Å². The fraction of sp³-hybridized carbons (Fsp3) is 0.341. The SMILES string of the molecule is C=C[C@H]1CC(F)(F)c2c1c(C(F)(F)F)nn2CC(=O)N[C@@H](Cc1cc(F)cc(F)c1)c1nc(C#CC(C)(C)O)ccc1-c1cccc2c(NC(=O)NC3CC3)nn(C)c12. The van der Waals surface area contributed by atoms with Crippen LogP contribution in [0.1, 0.15) is 79.0 Å². The lowest BCUT2D eigenvalue weighted by Crippen LogP contribution is -2.35. The van der Waals surface area contributed by atoms with Crippen molar-refractivity contribution in [3.63, 3.8) is 0 Å². The molecule has 2 aliphatic rings. The first-order valence-corrected chi connectivity index (χ1v) is 18.4. The number of aryl methyl sites for hydroxylation is 1. The number of halogens is 7. The molecule has 7 rings (SSSR count). The molecule has 0 unspecified atom stereocenters. The summed E-state index contributed by atoms with van der Waals surface area (Å²) in [6.45, 7) is 5.19. The molecular formula is C41H37F7N8O3. The van der Waals surface area contributed by atoms with E-state index in [0.29, 0.717) is 32.8 Å². The van der Waals surface area contributed by atoms with E-state index in [2.05, 4.69) is 44.6 Å². The van der Waals surface area contributed by atoms with Gasteiger partial charge in [0.2, 0.25) is 5.91 Å². The molecule has 1 fully saturated rings. The van der Waals surface area contributed by atoms with E-state index in [0.717, 1.165) is 31.1 Å². The molecule has 4 N–H and O–H groups in total. The summed E-state index contributed by atoms with van der Waals surface area (Å²) in [6.07, 6.45) is -3.82. The summed E-state index contributed by atoms with van der Waals surface area (Å²) in [5, 5.41) is 27.0. The zero-order valence-electron chi connectivity index (χ0n) is 31.8. The monoisotopic (exact) mass is 822 g/mol. The van der Waals surface area contributed by atoms with Crippen LogP contribution in [-0.4, -0.2) is 53.2 Å². The number of benzene rings is 2. The Bertz CT molecular complexity index is 2540. The van der Waals surface area contributed by atoms with Gasteiger partial charge in [-0.05, 0) is 74.9 Å². The quantitative estimate of drug-likeness (QED) is 0.0659. The third-order valence-corrected chi connectivity index (χ3v) is 9.78. The van der Waals surface area contributed by atoms with Gasteiger partial charge in [-0.15, -0.1) is 6.58 Å². The molecule has 0 bridgehead atoms. The number of aromatic nitrogens is 5. The standard InChI is InChI=1S/C41H37F7N8O3/c1-5-22-19-40(44,45)36-32(22)35(41(46,47)48)53-56(36)20-31(57)51-30(17-21-15-23(42)18-24(43)16-21)33-27(12-11-26(49-33)13-14-39(2,3)59)28-7-6-8-29-34(28)55(4)54-37(29)52-38(58)50-25-9-10-25/h5-8,11-12,15-16,18,22,25,30,59H,1,9-10,17,19-20H2,2-4H3,(H,51,57)(H2,50,52,54,58)/t22-,30-/m0/s1. The van der Waals surface area contributed by atoms with Crippen molar-refractivity contribution in [1.82, 2.24) is 35.2 Å². The third-order valence-electron chi connectivity index (χ3n) is 9.78. The molecule has 2 atom stereocenters. The van der Waals surface area contributed by atoms with Crippen molar-refractivity contribution in [1.29, 1.82) is 0 Å². The molecular weight excluding hydrogens is 785 g/mol. The van der Waals surface area contributed by atoms with Gasteiger partial charge < -0.3 is 15.7 Å². The molecule has 308 valence electrons. The number of nitrogens with one attached hydrogen (secondary N) is 3. The van der Waals surface area contributed by atoms with Gasteiger partial charge in [0.1, 0.15) is 35.2 Å². The third kappa shape index (κ3) is 8.80. The number of allylic oxidation sites excluding steroid dienone is 1. The summed E-state index contributed by atoms with van der Waals surface area (Å²) in [5.41, 5.74) is -3.47. The summed E-state index contributed by atoms with van der Waals surface area (Å²) < 4.78 is 104. The minimum absolute atomic E-state index is 0.0279. The number of rotatable bonds is 10. The van der Waals surface area contributed by atoms with E-state index in [1.165, 1.54) is 24.6 Å². The van der Waals surface area contributed by atoms with Gasteiger partial charge in [-0.25, -0.2) is 18.6 Å². The number of para-hydroxylation sites is 1. The Labute approximate surface area is 332 Å². The van der Waals surface area contributed by atoms with E-state index >= 15 is 8.78 Å². The molecule has 11 nitrogen and oxygen atoms in total. The summed E-state index contributed by atoms with van der Waals surface area (Å²) in [6, 6.07) is 9.15. The minimum atomic E-state index is -5.13. The Hall–Kier alpha value is -6.22. The molecule has 0 radical (unpaired) electrons. The van der Waals surface area contributed by atoms with E-state index in [9.17, 15) is 36.6 Å². The van der Waals surface area contributed by atoms with Gasteiger partial charge in [-0.1, -0.05) is 24.1 Å². The molecule has 59 heavy (non-hydrogen) atoms. The first kappa shape index (κ1) is 41.0. The summed E-state index contributed by atoms with van der Waals surface area (Å²) in [5.74, 6) is -2.52. The number of carbonyl (C=O) groups excluding carboxylic acids is 2. The number of hydrogen-bond acceptors (Lipinski definition) is 6. The van der Waals surface area contributed by atoms with Crippen molar-refractivity contribution in [2.45, 2.75) is 81.8 Å². The number of aliphatic hydroxyl groups is 1. The van der Waals surface area contributed by atoms with Crippen LogP contribution in [0.15, 0.2) is 61.2 Å². The van der Waals surface area contributed by atoms with E-state index in [1.54, 1.807) is 31.3 Å². The van der Waals surface area contributed by atoms with Crippen molar-refractivity contribution < 1.29 is 45.4 Å². The normalized spacial score (nSPS) is 16.6. The van der Waals surface area contributed by atoms with Crippen LogP contribution in [0.4, 0.5) is 41.3 Å². The molecule has 3 heterocycles. The fourth-order valence-corrected chi connectivity index (χ4v) is 7.23. The van der Waals surface area contributed by atoms with Gasteiger partial charge in [0, 0.05) is 53.6 Å². The number of amides is 3. The zero-order valence-corrected chi connectivity index (χ0v) is 31.8. The smallest absolute Gasteiger partial charge is 0.378 e. The van der Waals surface area contributed by atoms with Crippen LogP contribution in [0.25, 0.3) is 22.0 Å². The Balaban J connectivity index is 1.36. The van der Waals surface area contributed by atoms with E-state index in [1.807, 2.05) is 0 Å². The first-order valence-electron chi connectivity index (χ1n) is 18.4. The average molecular weight is 823 g/mol. The van der Waals surface area contributed by atoms with E-state index in [-0.39, 0.29) is 35.2 Å². The van der Waals surface area contributed by atoms with Crippen LogP contribution in [0.2, 0.25) is 0 Å². The second-order valence-corrected chi connectivity index (χ2v) is 15.1. The number of carbonyl (C=O) groups is 2. The number of pyridine rings is 1. The fourth-order valence-electron chi connectivity index (χ4n) is 7.23. The lowest BCUT2D eigenvalue weighted by atomic mass is 9.93. The number of hydrogen-bond donors (Lipinski definition) is 4. The van der Waals surface area contributed by atoms with Crippen LogP contribution in [0.5, 0.6) is 0 Å². The molecule has 0 aliphatic heterocycles. The summed E-state index contributed by atoms with van der Waals surface area (Å²) in [4.78, 5) is 31.4. The Morgan fingerprint density at radius 2 is 1.78 bits per heavy atom. The molecule has 2 aromatic carbocycles. The highest BCUT2D eigenvalue weighted by atomic mass is 19.4. The number of anilines is 1. The van der Waals surface area contributed by atoms with Crippen molar-refractivity contribution in [3.05, 3.63) is 107 Å². The molecule has 0 spiro atoms. The van der Waals surface area contributed by atoms with Crippen molar-refractivity contribution in [3.8, 4) is 23.0 Å². The average Bonchev–Trinajstić information content (AvgIpc) is 3.67. The van der Waals surface area contributed by atoms with Gasteiger partial charge >= 0.3 is 12.2 Å². The maximum Gasteiger partial charge on any atom is 0.435 e. The van der Waals surface area contributed by atoms with Gasteiger partial charge in [0.25, 0.3) is 5.92 Å². The molecule has 1 saturated carbocycles. The highest BCUT2D eigenvalue weighted by molar-refractivity contribution is 6.04. The van der Waals surface area contributed by atoms with Crippen LogP contribution in [-0.2, 0) is 36.9 Å². The van der Waals surface area contributed by atoms with Gasteiger partial charge in [-0.3, -0.25) is 19.5 Å². The minimum Gasteiger partial charge on any atom is -0.378 e. The summed E-state index contributed by atoms with van der Waals surface area (Å²) >= 11 is 0. The van der Waals surface area contributed by atoms with E-state index in [4.69, 9.17) is 4.98 Å². The largest absolute Gasteiger partial charge is 0.435 e. The van der Waals surface area contributed by atoms with Crippen LogP contribution in [0.3, 0.4) is 0 Å². The molecule has 3 aromatic heterocycles. The van der Waals surface area contributed by atoms with Gasteiger partial charge in [-0.2, -0.15) is 32.1 Å². The topological polar surface area (TPSA) is 139 Å². The molecule has 18 heteroatoms. The van der Waals surface area contributed by atoms with Crippen molar-refractivity contribution in [2.24, 2.45) is 7.05 Å². The Kier molecular flexibility index (Phi) is 10.5. The van der Waals surface area contributed by atoms with Gasteiger partial charge in [0.15, 0.2) is 11.5 Å². The highest BCUT2D eigenvalue weighted by Crippen LogP contribution is 2.52. The second kappa shape index (κ2) is 15.2. The Morgan fingerprint density at radius 3 is 2.42 bits per heavy atom. The predicted molar refractivity (Wildman–Crippen MR) is 202 cm³/mol. The Morgan fingerprint density at radius 1 is 1.07 bits per heavy atom. The molecule has 3 amide bonds. The molecule has 5 aromatic rings. The maximum absolute atomic E-state index is 15.4. The zero-order chi connectivity index (χ0) is 42.6. The second-order valence-electron chi connectivity index (χ2n) is 15.1. The molecule has 0 saturated heterocycles. The lowest BCUT2D eigenvalue weighted by Gasteiger charge is -2.23. The van der Waals surface area contributed by atoms with E-state index < -0.39 is 83.1 Å². The van der Waals surface area contributed by atoms with Crippen molar-refractivity contribution >= 4 is 28.7 Å². The van der Waals surface area contributed by atoms with Gasteiger partial charge in [0.05, 0.1) is 17.3 Å². The number of fused-ring (bicyclic) bond motifs is 2. The number of alkyl halides is 5. The number of urea groups is 1.